The molecule has 1 saturated carbocycles. The fraction of sp³-hybridized carbons (Fsp3) is 0.364. The number of alkyl halides is 3. The maximum atomic E-state index is 12.9. The Balaban J connectivity index is 1.60. The second-order valence-electron chi connectivity index (χ2n) is 7.84. The molecule has 1 aromatic carbocycles. The van der Waals surface area contributed by atoms with Crippen LogP contribution in [-0.4, -0.2) is 21.6 Å². The Morgan fingerprint density at radius 3 is 2.62 bits per heavy atom. The van der Waals surface area contributed by atoms with Crippen LogP contribution in [0.1, 0.15) is 53.2 Å². The van der Waals surface area contributed by atoms with Crippen LogP contribution in [0.3, 0.4) is 0 Å². The Morgan fingerprint density at radius 1 is 1.21 bits per heavy atom. The minimum absolute atomic E-state index is 0.154. The van der Waals surface area contributed by atoms with Crippen LogP contribution in [-0.2, 0) is 12.6 Å². The number of hydrogen-bond donors (Lipinski definition) is 1. The van der Waals surface area contributed by atoms with Crippen molar-refractivity contribution in [1.29, 1.82) is 0 Å². The molecule has 2 heterocycles. The number of rotatable bonds is 4. The van der Waals surface area contributed by atoms with Crippen molar-refractivity contribution in [1.82, 2.24) is 14.9 Å². The zero-order valence-corrected chi connectivity index (χ0v) is 16.0. The fourth-order valence-electron chi connectivity index (χ4n) is 4.06. The van der Waals surface area contributed by atoms with Crippen LogP contribution < -0.4 is 5.32 Å². The minimum Gasteiger partial charge on any atom is -0.349 e. The van der Waals surface area contributed by atoms with Crippen LogP contribution >= 0.6 is 0 Å². The van der Waals surface area contributed by atoms with Gasteiger partial charge >= 0.3 is 6.18 Å². The van der Waals surface area contributed by atoms with Gasteiger partial charge in [0.05, 0.1) is 22.8 Å². The molecular formula is C22H22F3N3O. The van der Waals surface area contributed by atoms with Crippen LogP contribution in [0, 0.1) is 5.92 Å². The fourth-order valence-corrected chi connectivity index (χ4v) is 4.06. The molecule has 4 nitrogen and oxygen atoms in total. The van der Waals surface area contributed by atoms with Gasteiger partial charge in [-0.3, -0.25) is 4.79 Å². The molecule has 1 fully saturated rings. The number of carbonyl (C=O) groups excluding carboxylic acids is 1. The van der Waals surface area contributed by atoms with Gasteiger partial charge in [0.2, 0.25) is 0 Å². The largest absolute Gasteiger partial charge is 0.416 e. The van der Waals surface area contributed by atoms with Crippen LogP contribution in [0.4, 0.5) is 13.2 Å². The summed E-state index contributed by atoms with van der Waals surface area (Å²) in [5.41, 5.74) is 2.09. The summed E-state index contributed by atoms with van der Waals surface area (Å²) in [6.45, 7) is 2.18. The third-order valence-electron chi connectivity index (χ3n) is 5.57. The van der Waals surface area contributed by atoms with Gasteiger partial charge in [0, 0.05) is 12.2 Å². The van der Waals surface area contributed by atoms with Crippen LogP contribution in [0.5, 0.6) is 0 Å². The molecule has 1 N–H and O–H groups in total. The van der Waals surface area contributed by atoms with Crippen LogP contribution in [0.15, 0.2) is 48.8 Å². The predicted octanol–water partition coefficient (Wildman–Crippen LogP) is 4.86. The molecule has 3 aromatic rings. The monoisotopic (exact) mass is 401 g/mol. The second-order valence-corrected chi connectivity index (χ2v) is 7.84. The Hall–Kier alpha value is -2.83. The lowest BCUT2D eigenvalue weighted by Crippen LogP contribution is -2.32. The molecule has 2 atom stereocenters. The van der Waals surface area contributed by atoms with E-state index in [1.165, 1.54) is 12.1 Å². The third kappa shape index (κ3) is 4.13. The number of pyridine rings is 1. The highest BCUT2D eigenvalue weighted by Crippen LogP contribution is 2.30. The molecular weight excluding hydrogens is 379 g/mol. The summed E-state index contributed by atoms with van der Waals surface area (Å²) in [6, 6.07) is 8.99. The maximum Gasteiger partial charge on any atom is 0.416 e. The molecule has 0 radical (unpaired) electrons. The lowest BCUT2D eigenvalue weighted by molar-refractivity contribution is -0.137. The first kappa shape index (κ1) is 19.5. The zero-order valence-electron chi connectivity index (χ0n) is 16.0. The van der Waals surface area contributed by atoms with E-state index in [-0.39, 0.29) is 11.9 Å². The summed E-state index contributed by atoms with van der Waals surface area (Å²) < 4.78 is 40.0. The molecule has 1 aliphatic rings. The Morgan fingerprint density at radius 2 is 1.97 bits per heavy atom. The van der Waals surface area contributed by atoms with E-state index in [4.69, 9.17) is 0 Å². The van der Waals surface area contributed by atoms with Gasteiger partial charge in [-0.2, -0.15) is 18.3 Å². The normalized spacial score (nSPS) is 19.6. The predicted molar refractivity (Wildman–Crippen MR) is 104 cm³/mol. The van der Waals surface area contributed by atoms with Gasteiger partial charge in [-0.15, -0.1) is 0 Å². The van der Waals surface area contributed by atoms with E-state index in [0.29, 0.717) is 23.4 Å². The quantitative estimate of drug-likeness (QED) is 0.679. The average molecular weight is 401 g/mol. The molecule has 0 bridgehead atoms. The highest BCUT2D eigenvalue weighted by Gasteiger charge is 2.30. The summed E-state index contributed by atoms with van der Waals surface area (Å²) in [5.74, 6) is 0.457. The highest BCUT2D eigenvalue weighted by molar-refractivity contribution is 6.01. The number of fused-ring (bicyclic) bond motifs is 1. The van der Waals surface area contributed by atoms with Gasteiger partial charge in [-0.25, -0.2) is 4.52 Å². The molecule has 4 rings (SSSR count). The van der Waals surface area contributed by atoms with Crippen molar-refractivity contribution >= 4 is 11.4 Å². The highest BCUT2D eigenvalue weighted by atomic mass is 19.4. The van der Waals surface area contributed by atoms with Crippen LogP contribution in [0.2, 0.25) is 0 Å². The number of carbonyl (C=O) groups is 1. The van der Waals surface area contributed by atoms with E-state index >= 15 is 0 Å². The van der Waals surface area contributed by atoms with Crippen molar-refractivity contribution in [2.45, 2.75) is 44.8 Å². The average Bonchev–Trinajstić information content (AvgIpc) is 3.28. The molecule has 0 unspecified atom stereocenters. The molecule has 1 amide bonds. The number of nitrogens with one attached hydrogen (secondary N) is 1. The van der Waals surface area contributed by atoms with Gasteiger partial charge in [0.1, 0.15) is 0 Å². The Kier molecular flexibility index (Phi) is 5.06. The minimum atomic E-state index is -4.35. The van der Waals surface area contributed by atoms with Crippen molar-refractivity contribution in [2.24, 2.45) is 5.92 Å². The number of halogens is 3. The summed E-state index contributed by atoms with van der Waals surface area (Å²) in [7, 11) is 0. The molecule has 29 heavy (non-hydrogen) atoms. The molecule has 0 spiro atoms. The van der Waals surface area contributed by atoms with Gasteiger partial charge in [-0.1, -0.05) is 25.1 Å². The molecule has 1 aliphatic carbocycles. The van der Waals surface area contributed by atoms with E-state index in [9.17, 15) is 18.0 Å². The van der Waals surface area contributed by atoms with Gasteiger partial charge in [0.25, 0.3) is 5.91 Å². The first-order valence-corrected chi connectivity index (χ1v) is 9.73. The first-order valence-electron chi connectivity index (χ1n) is 9.73. The van der Waals surface area contributed by atoms with E-state index in [1.54, 1.807) is 16.9 Å². The van der Waals surface area contributed by atoms with Crippen molar-refractivity contribution in [2.75, 3.05) is 0 Å². The summed E-state index contributed by atoms with van der Waals surface area (Å²) >= 11 is 0. The van der Waals surface area contributed by atoms with E-state index in [0.717, 1.165) is 42.5 Å². The van der Waals surface area contributed by atoms with E-state index in [2.05, 4.69) is 17.3 Å². The number of hydrogen-bond acceptors (Lipinski definition) is 2. The Bertz CT molecular complexity index is 1020. The van der Waals surface area contributed by atoms with Gasteiger partial charge in [0.15, 0.2) is 0 Å². The first-order chi connectivity index (χ1) is 13.8. The topological polar surface area (TPSA) is 46.4 Å². The summed E-state index contributed by atoms with van der Waals surface area (Å²) in [6.07, 6.45) is 2.44. The molecule has 2 aromatic heterocycles. The lowest BCUT2D eigenvalue weighted by atomic mass is 10.0. The number of benzene rings is 1. The molecule has 0 aliphatic heterocycles. The number of nitrogens with zero attached hydrogens (tertiary/aromatic N) is 2. The van der Waals surface area contributed by atoms with E-state index in [1.807, 2.05) is 12.1 Å². The van der Waals surface area contributed by atoms with Gasteiger partial charge < -0.3 is 5.32 Å². The maximum absolute atomic E-state index is 12.9. The van der Waals surface area contributed by atoms with E-state index < -0.39 is 11.7 Å². The lowest BCUT2D eigenvalue weighted by Gasteiger charge is -2.13. The van der Waals surface area contributed by atoms with Crippen molar-refractivity contribution in [3.63, 3.8) is 0 Å². The standard InChI is InChI=1S/C22H22F3N3O/c1-14-4-9-18(11-14)27-21(29)19-13-26-28-10-2-3-16(20(19)28)12-15-5-7-17(8-6-15)22(23,24)25/h2-3,5-8,10,13-14,18H,4,9,11-12H2,1H3,(H,27,29)/t14-,18+/m1/s1. The number of amides is 1. The third-order valence-corrected chi connectivity index (χ3v) is 5.57. The summed E-state index contributed by atoms with van der Waals surface area (Å²) in [5, 5.41) is 7.39. The second kappa shape index (κ2) is 7.54. The number of aromatic nitrogens is 2. The summed E-state index contributed by atoms with van der Waals surface area (Å²) in [4.78, 5) is 12.9. The van der Waals surface area contributed by atoms with Crippen molar-refractivity contribution in [3.8, 4) is 0 Å². The Labute approximate surface area is 166 Å². The molecule has 7 heteroatoms. The SMILES string of the molecule is C[C@@H]1CC[C@H](NC(=O)c2cnn3cccc(Cc4ccc(C(F)(F)F)cc4)c23)C1. The van der Waals surface area contributed by atoms with Crippen molar-refractivity contribution in [3.05, 3.63) is 71.0 Å². The van der Waals surface area contributed by atoms with Crippen LogP contribution in [0.25, 0.3) is 5.52 Å². The van der Waals surface area contributed by atoms with Crippen molar-refractivity contribution < 1.29 is 18.0 Å². The van der Waals surface area contributed by atoms with Gasteiger partial charge in [-0.05, 0) is 60.9 Å². The zero-order chi connectivity index (χ0) is 20.6. The smallest absolute Gasteiger partial charge is 0.349 e. The molecule has 0 saturated heterocycles. The molecule has 152 valence electrons.